The average Bonchev–Trinajstić information content (AvgIpc) is 1.94. The molecule has 13 heavy (non-hydrogen) atoms. The molecule has 0 aliphatic rings. The van der Waals surface area contributed by atoms with Gasteiger partial charge in [0.25, 0.3) is 10.1 Å². The fourth-order valence-corrected chi connectivity index (χ4v) is 1.67. The van der Waals surface area contributed by atoms with E-state index in [9.17, 15) is 8.42 Å². The molecule has 0 unspecified atom stereocenters. The molecule has 0 spiro atoms. The summed E-state index contributed by atoms with van der Waals surface area (Å²) >= 11 is 5.64. The Labute approximate surface area is 81.1 Å². The lowest BCUT2D eigenvalue weighted by atomic mass is 10.2. The summed E-state index contributed by atoms with van der Waals surface area (Å²) in [6.07, 6.45) is 0. The van der Waals surface area contributed by atoms with Crippen LogP contribution in [0, 0.1) is 0 Å². The molecule has 4 nitrogen and oxygen atoms in total. The van der Waals surface area contributed by atoms with Crippen molar-refractivity contribution >= 4 is 27.4 Å². The van der Waals surface area contributed by atoms with E-state index in [0.29, 0.717) is 11.3 Å². The summed E-state index contributed by atoms with van der Waals surface area (Å²) in [7, 11) is -4.01. The molecule has 0 aliphatic heterocycles. The van der Waals surface area contributed by atoms with Crippen molar-refractivity contribution in [2.75, 3.05) is 5.73 Å². The van der Waals surface area contributed by atoms with Gasteiger partial charge in [0, 0.05) is 0 Å². The molecule has 0 bridgehead atoms. The van der Waals surface area contributed by atoms with E-state index in [-0.39, 0.29) is 5.02 Å². The van der Waals surface area contributed by atoms with Gasteiger partial charge < -0.3 is 5.73 Å². The molecule has 0 saturated heterocycles. The number of rotatable bonds is 2. The van der Waals surface area contributed by atoms with E-state index in [1.165, 1.54) is 18.2 Å². The number of halogens is 1. The fraction of sp³-hybridized carbons (Fsp3) is 0.143. The van der Waals surface area contributed by atoms with Gasteiger partial charge in [-0.3, -0.25) is 4.55 Å². The molecule has 0 radical (unpaired) electrons. The second kappa shape index (κ2) is 3.53. The monoisotopic (exact) mass is 221 g/mol. The molecule has 0 aromatic heterocycles. The number of nitrogens with two attached hydrogens (primary N) is 1. The van der Waals surface area contributed by atoms with Gasteiger partial charge in [0.2, 0.25) is 0 Å². The van der Waals surface area contributed by atoms with Gasteiger partial charge in [-0.1, -0.05) is 17.7 Å². The van der Waals surface area contributed by atoms with Gasteiger partial charge in [0.1, 0.15) is 5.75 Å². The normalized spacial score (nSPS) is 11.5. The molecule has 0 aliphatic carbocycles. The largest absolute Gasteiger partial charge is 0.398 e. The van der Waals surface area contributed by atoms with Crippen molar-refractivity contribution in [1.82, 2.24) is 0 Å². The molecule has 3 N–H and O–H groups in total. The maximum atomic E-state index is 10.5. The second-order valence-electron chi connectivity index (χ2n) is 2.58. The molecule has 0 fully saturated rings. The van der Waals surface area contributed by atoms with Crippen molar-refractivity contribution in [2.45, 2.75) is 5.75 Å². The van der Waals surface area contributed by atoms with E-state index < -0.39 is 15.9 Å². The van der Waals surface area contributed by atoms with Crippen molar-refractivity contribution in [3.63, 3.8) is 0 Å². The van der Waals surface area contributed by atoms with Crippen molar-refractivity contribution in [3.05, 3.63) is 28.8 Å². The van der Waals surface area contributed by atoms with Crippen LogP contribution in [0.15, 0.2) is 18.2 Å². The first-order valence-electron chi connectivity index (χ1n) is 3.37. The Bertz CT molecular complexity index is 416. The van der Waals surface area contributed by atoms with Gasteiger partial charge in [0.15, 0.2) is 0 Å². The molecule has 1 rings (SSSR count). The zero-order valence-corrected chi connectivity index (χ0v) is 8.14. The molecular weight excluding hydrogens is 214 g/mol. The number of hydrogen-bond donors (Lipinski definition) is 2. The Kier molecular flexibility index (Phi) is 2.80. The topological polar surface area (TPSA) is 80.4 Å². The standard InChI is InChI=1S/C7H8ClNO3S/c8-6-3-5(1-2-7(6)9)4-13(10,11)12/h1-3H,4,9H2,(H,10,11,12). The van der Waals surface area contributed by atoms with Crippen molar-refractivity contribution in [2.24, 2.45) is 0 Å². The van der Waals surface area contributed by atoms with Gasteiger partial charge >= 0.3 is 0 Å². The number of benzene rings is 1. The van der Waals surface area contributed by atoms with Gasteiger partial charge in [-0.2, -0.15) is 8.42 Å². The van der Waals surface area contributed by atoms with Gasteiger partial charge in [-0.25, -0.2) is 0 Å². The fourth-order valence-electron chi connectivity index (χ4n) is 0.871. The van der Waals surface area contributed by atoms with E-state index in [4.69, 9.17) is 21.9 Å². The summed E-state index contributed by atoms with van der Waals surface area (Å²) < 4.78 is 29.5. The van der Waals surface area contributed by atoms with Crippen LogP contribution in [0.5, 0.6) is 0 Å². The van der Waals surface area contributed by atoms with Crippen LogP contribution in [0.4, 0.5) is 5.69 Å². The number of hydrogen-bond acceptors (Lipinski definition) is 3. The van der Waals surface area contributed by atoms with E-state index >= 15 is 0 Å². The summed E-state index contributed by atoms with van der Waals surface area (Å²) in [6, 6.07) is 4.39. The Morgan fingerprint density at radius 1 is 1.46 bits per heavy atom. The lowest BCUT2D eigenvalue weighted by Crippen LogP contribution is -2.01. The summed E-state index contributed by atoms with van der Waals surface area (Å²) in [5.74, 6) is -0.451. The molecule has 1 aromatic rings. The zero-order valence-electron chi connectivity index (χ0n) is 6.57. The van der Waals surface area contributed by atoms with Crippen molar-refractivity contribution < 1.29 is 13.0 Å². The van der Waals surface area contributed by atoms with Crippen LogP contribution in [-0.4, -0.2) is 13.0 Å². The van der Waals surface area contributed by atoms with Crippen LogP contribution in [0.2, 0.25) is 5.02 Å². The molecule has 0 amide bonds. The number of anilines is 1. The first-order valence-corrected chi connectivity index (χ1v) is 5.36. The van der Waals surface area contributed by atoms with E-state index in [1.54, 1.807) is 0 Å². The highest BCUT2D eigenvalue weighted by molar-refractivity contribution is 7.85. The van der Waals surface area contributed by atoms with E-state index in [1.807, 2.05) is 0 Å². The Hall–Kier alpha value is -0.780. The lowest BCUT2D eigenvalue weighted by molar-refractivity contribution is 0.482. The molecule has 6 heteroatoms. The zero-order chi connectivity index (χ0) is 10.1. The molecule has 1 aromatic carbocycles. The SMILES string of the molecule is Nc1ccc(CS(=O)(=O)O)cc1Cl. The second-order valence-corrected chi connectivity index (χ2v) is 4.44. The van der Waals surface area contributed by atoms with Gasteiger partial charge in [0.05, 0.1) is 10.7 Å². The van der Waals surface area contributed by atoms with Crippen LogP contribution in [0.1, 0.15) is 5.56 Å². The van der Waals surface area contributed by atoms with Crippen LogP contribution in [-0.2, 0) is 15.9 Å². The number of nitrogen functional groups attached to an aromatic ring is 1. The maximum Gasteiger partial charge on any atom is 0.269 e. The minimum absolute atomic E-state index is 0.279. The molecule has 0 atom stereocenters. The minimum Gasteiger partial charge on any atom is -0.398 e. The Morgan fingerprint density at radius 2 is 2.08 bits per heavy atom. The highest BCUT2D eigenvalue weighted by atomic mass is 35.5. The van der Waals surface area contributed by atoms with Gasteiger partial charge in [-0.15, -0.1) is 0 Å². The van der Waals surface area contributed by atoms with Crippen LogP contribution < -0.4 is 5.73 Å². The Morgan fingerprint density at radius 3 is 2.54 bits per heavy atom. The van der Waals surface area contributed by atoms with Crippen molar-refractivity contribution in [1.29, 1.82) is 0 Å². The Balaban J connectivity index is 2.99. The first-order chi connectivity index (χ1) is 5.88. The van der Waals surface area contributed by atoms with Crippen LogP contribution in [0.25, 0.3) is 0 Å². The highest BCUT2D eigenvalue weighted by Crippen LogP contribution is 2.20. The highest BCUT2D eigenvalue weighted by Gasteiger charge is 2.07. The minimum atomic E-state index is -4.01. The summed E-state index contributed by atoms with van der Waals surface area (Å²) in [6.45, 7) is 0. The van der Waals surface area contributed by atoms with Gasteiger partial charge in [-0.05, 0) is 17.7 Å². The van der Waals surface area contributed by atoms with Crippen LogP contribution in [0.3, 0.4) is 0 Å². The van der Waals surface area contributed by atoms with Crippen LogP contribution >= 0.6 is 11.6 Å². The maximum absolute atomic E-state index is 10.5. The predicted molar refractivity (Wildman–Crippen MR) is 51.1 cm³/mol. The summed E-state index contributed by atoms with van der Waals surface area (Å²) in [4.78, 5) is 0. The first kappa shape index (κ1) is 10.3. The lowest BCUT2D eigenvalue weighted by Gasteiger charge is -2.01. The summed E-state index contributed by atoms with van der Waals surface area (Å²) in [5, 5.41) is 0.279. The molecule has 72 valence electrons. The molecule has 0 heterocycles. The molecule has 0 saturated carbocycles. The summed E-state index contributed by atoms with van der Waals surface area (Å²) in [5.41, 5.74) is 6.19. The quantitative estimate of drug-likeness (QED) is 0.583. The van der Waals surface area contributed by atoms with E-state index in [0.717, 1.165) is 0 Å². The van der Waals surface area contributed by atoms with Crippen molar-refractivity contribution in [3.8, 4) is 0 Å². The smallest absolute Gasteiger partial charge is 0.269 e. The average molecular weight is 222 g/mol. The van der Waals surface area contributed by atoms with E-state index in [2.05, 4.69) is 0 Å². The third kappa shape index (κ3) is 3.22. The third-order valence-electron chi connectivity index (χ3n) is 1.41. The third-order valence-corrected chi connectivity index (χ3v) is 2.44. The predicted octanol–water partition coefficient (Wildman–Crippen LogP) is 1.31. The molecular formula is C7H8ClNO3S.